The third-order valence-corrected chi connectivity index (χ3v) is 6.43. The lowest BCUT2D eigenvalue weighted by molar-refractivity contribution is -0.121. The van der Waals surface area contributed by atoms with Crippen LogP contribution >= 0.6 is 22.9 Å². The molecule has 8 nitrogen and oxygen atoms in total. The minimum atomic E-state index is -0.534. The first-order valence-electron chi connectivity index (χ1n) is 10.2. The Balaban J connectivity index is 1.31. The van der Waals surface area contributed by atoms with E-state index in [1.54, 1.807) is 29.2 Å². The number of anilines is 2. The molecule has 0 radical (unpaired) electrons. The summed E-state index contributed by atoms with van der Waals surface area (Å²) in [5.74, 6) is -1.66. The molecule has 0 unspecified atom stereocenters. The number of nitrogens with zero attached hydrogens (tertiary/aromatic N) is 3. The molecule has 2 heterocycles. The van der Waals surface area contributed by atoms with Crippen LogP contribution in [0, 0.1) is 11.7 Å². The quantitative estimate of drug-likeness (QED) is 0.564. The maximum absolute atomic E-state index is 13.0. The normalized spacial score (nSPS) is 14.1. The van der Waals surface area contributed by atoms with E-state index in [0.29, 0.717) is 42.3 Å². The Bertz CT molecular complexity index is 1180. The first kappa shape index (κ1) is 22.8. The molecule has 0 bridgehead atoms. The van der Waals surface area contributed by atoms with Gasteiger partial charge in [0.1, 0.15) is 5.82 Å². The van der Waals surface area contributed by atoms with Gasteiger partial charge < -0.3 is 15.5 Å². The van der Waals surface area contributed by atoms with E-state index in [0.717, 1.165) is 11.3 Å². The van der Waals surface area contributed by atoms with Gasteiger partial charge in [0.25, 0.3) is 11.8 Å². The van der Waals surface area contributed by atoms with Crippen molar-refractivity contribution in [2.45, 2.75) is 12.8 Å². The molecule has 11 heteroatoms. The molecule has 33 heavy (non-hydrogen) atoms. The Morgan fingerprint density at radius 3 is 2.33 bits per heavy atom. The van der Waals surface area contributed by atoms with Gasteiger partial charge in [-0.15, -0.1) is 10.2 Å². The van der Waals surface area contributed by atoms with E-state index in [1.807, 2.05) is 0 Å². The summed E-state index contributed by atoms with van der Waals surface area (Å²) in [5, 5.41) is 13.7. The SMILES string of the molecule is O=C(Nc1ccc(F)cc1)c1nnc(C(=O)N2CCC(C(=O)Nc3ccccc3Cl)CC2)s1. The molecule has 1 saturated heterocycles. The van der Waals surface area contributed by atoms with Crippen LogP contribution in [0.1, 0.15) is 32.4 Å². The number of nitrogens with one attached hydrogen (secondary N) is 2. The minimum Gasteiger partial charge on any atom is -0.336 e. The molecule has 0 saturated carbocycles. The maximum atomic E-state index is 13.0. The van der Waals surface area contributed by atoms with Crippen LogP contribution in [0.15, 0.2) is 48.5 Å². The average Bonchev–Trinajstić information content (AvgIpc) is 3.32. The summed E-state index contributed by atoms with van der Waals surface area (Å²) in [6.45, 7) is 0.770. The van der Waals surface area contributed by atoms with Crippen LogP contribution in [0.2, 0.25) is 5.02 Å². The highest BCUT2D eigenvalue weighted by Gasteiger charge is 2.30. The van der Waals surface area contributed by atoms with Gasteiger partial charge in [-0.1, -0.05) is 35.1 Å². The molecule has 1 aromatic heterocycles. The number of aromatic nitrogens is 2. The molecule has 0 spiro atoms. The van der Waals surface area contributed by atoms with E-state index in [9.17, 15) is 18.8 Å². The van der Waals surface area contributed by atoms with E-state index >= 15 is 0 Å². The van der Waals surface area contributed by atoms with Crippen LogP contribution in [-0.2, 0) is 4.79 Å². The van der Waals surface area contributed by atoms with Crippen molar-refractivity contribution in [2.24, 2.45) is 5.92 Å². The van der Waals surface area contributed by atoms with Crippen molar-refractivity contribution in [3.63, 3.8) is 0 Å². The number of benzene rings is 2. The molecular weight excluding hydrogens is 469 g/mol. The van der Waals surface area contributed by atoms with Crippen LogP contribution in [-0.4, -0.2) is 45.9 Å². The van der Waals surface area contributed by atoms with E-state index < -0.39 is 11.7 Å². The lowest BCUT2D eigenvalue weighted by atomic mass is 9.95. The summed E-state index contributed by atoms with van der Waals surface area (Å²) in [7, 11) is 0. The minimum absolute atomic E-state index is 0.0247. The van der Waals surface area contributed by atoms with Crippen LogP contribution in [0.3, 0.4) is 0 Å². The van der Waals surface area contributed by atoms with Crippen molar-refractivity contribution < 1.29 is 18.8 Å². The number of piperidine rings is 1. The predicted octanol–water partition coefficient (Wildman–Crippen LogP) is 4.07. The Labute approximate surface area is 197 Å². The Hall–Kier alpha value is -3.37. The van der Waals surface area contributed by atoms with E-state index in [1.165, 1.54) is 24.3 Å². The summed E-state index contributed by atoms with van der Waals surface area (Å²) >= 11 is 6.97. The molecule has 1 aliphatic heterocycles. The third-order valence-electron chi connectivity index (χ3n) is 5.19. The van der Waals surface area contributed by atoms with Gasteiger partial charge in [-0.25, -0.2) is 4.39 Å². The number of amides is 3. The van der Waals surface area contributed by atoms with Crippen molar-refractivity contribution in [3.8, 4) is 0 Å². The van der Waals surface area contributed by atoms with Gasteiger partial charge in [0.05, 0.1) is 10.7 Å². The lowest BCUT2D eigenvalue weighted by Crippen LogP contribution is -2.41. The standard InChI is InChI=1S/C22H19ClFN5O3S/c23-16-3-1-2-4-17(16)26-18(30)13-9-11-29(12-10-13)22(32)21-28-27-20(33-21)19(31)25-15-7-5-14(24)6-8-15/h1-8,13H,9-12H2,(H,25,31)(H,26,30). The fraction of sp³-hybridized carbons (Fsp3) is 0.227. The number of halogens is 2. The molecule has 1 aliphatic rings. The molecule has 3 amide bonds. The molecule has 4 rings (SSSR count). The Kier molecular flexibility index (Phi) is 6.95. The highest BCUT2D eigenvalue weighted by atomic mass is 35.5. The fourth-order valence-electron chi connectivity index (χ4n) is 3.40. The summed E-state index contributed by atoms with van der Waals surface area (Å²) < 4.78 is 13.0. The molecule has 2 N–H and O–H groups in total. The highest BCUT2D eigenvalue weighted by Crippen LogP contribution is 2.25. The second kappa shape index (κ2) is 10.1. The van der Waals surface area contributed by atoms with Gasteiger partial charge in [-0.2, -0.15) is 0 Å². The van der Waals surface area contributed by atoms with Gasteiger partial charge in [-0.05, 0) is 49.2 Å². The molecular formula is C22H19ClFN5O3S. The Morgan fingerprint density at radius 1 is 0.970 bits per heavy atom. The maximum Gasteiger partial charge on any atom is 0.286 e. The highest BCUT2D eigenvalue weighted by molar-refractivity contribution is 7.15. The molecule has 1 fully saturated rings. The number of likely N-dealkylation sites (tertiary alicyclic amines) is 1. The molecule has 0 aliphatic carbocycles. The number of carbonyl (C=O) groups is 3. The zero-order valence-corrected chi connectivity index (χ0v) is 18.8. The lowest BCUT2D eigenvalue weighted by Gasteiger charge is -2.30. The van der Waals surface area contributed by atoms with Crippen molar-refractivity contribution in [1.82, 2.24) is 15.1 Å². The summed E-state index contributed by atoms with van der Waals surface area (Å²) in [5.41, 5.74) is 0.963. The number of carbonyl (C=O) groups excluding carboxylic acids is 3. The average molecular weight is 488 g/mol. The predicted molar refractivity (Wildman–Crippen MR) is 123 cm³/mol. The number of rotatable bonds is 5. The van der Waals surface area contributed by atoms with Crippen LogP contribution in [0.5, 0.6) is 0 Å². The van der Waals surface area contributed by atoms with E-state index in [-0.39, 0.29) is 27.7 Å². The summed E-state index contributed by atoms with van der Waals surface area (Å²) in [4.78, 5) is 39.3. The monoisotopic (exact) mass is 487 g/mol. The van der Waals surface area contributed by atoms with Gasteiger partial charge in [-0.3, -0.25) is 14.4 Å². The van der Waals surface area contributed by atoms with Crippen LogP contribution in [0.4, 0.5) is 15.8 Å². The van der Waals surface area contributed by atoms with Crippen molar-refractivity contribution >= 4 is 52.0 Å². The fourth-order valence-corrected chi connectivity index (χ4v) is 4.29. The van der Waals surface area contributed by atoms with Crippen LogP contribution < -0.4 is 10.6 Å². The van der Waals surface area contributed by atoms with Gasteiger partial charge in [0, 0.05) is 24.7 Å². The zero-order chi connectivity index (χ0) is 23.4. The third kappa shape index (κ3) is 5.52. The topological polar surface area (TPSA) is 104 Å². The number of hydrogen-bond donors (Lipinski definition) is 2. The van der Waals surface area contributed by atoms with Crippen molar-refractivity contribution in [2.75, 3.05) is 23.7 Å². The largest absolute Gasteiger partial charge is 0.336 e. The number of para-hydroxylation sites is 1. The first-order chi connectivity index (χ1) is 15.9. The van der Waals surface area contributed by atoms with E-state index in [4.69, 9.17) is 11.6 Å². The van der Waals surface area contributed by atoms with Crippen molar-refractivity contribution in [3.05, 3.63) is 69.4 Å². The van der Waals surface area contributed by atoms with Crippen molar-refractivity contribution in [1.29, 1.82) is 0 Å². The second-order valence-electron chi connectivity index (χ2n) is 7.41. The molecule has 3 aromatic rings. The summed E-state index contributed by atoms with van der Waals surface area (Å²) in [6.07, 6.45) is 0.997. The Morgan fingerprint density at radius 2 is 1.64 bits per heavy atom. The second-order valence-corrected chi connectivity index (χ2v) is 8.79. The van der Waals surface area contributed by atoms with Crippen LogP contribution in [0.25, 0.3) is 0 Å². The van der Waals surface area contributed by atoms with E-state index in [2.05, 4.69) is 20.8 Å². The van der Waals surface area contributed by atoms with Gasteiger partial charge in [0.15, 0.2) is 0 Å². The molecule has 170 valence electrons. The molecule has 2 aromatic carbocycles. The summed E-state index contributed by atoms with van der Waals surface area (Å²) in [6, 6.07) is 12.3. The zero-order valence-electron chi connectivity index (χ0n) is 17.3. The first-order valence-corrected chi connectivity index (χ1v) is 11.4. The molecule has 0 atom stereocenters. The smallest absolute Gasteiger partial charge is 0.286 e. The van der Waals surface area contributed by atoms with Gasteiger partial charge >= 0.3 is 0 Å². The number of hydrogen-bond acceptors (Lipinski definition) is 6. The van der Waals surface area contributed by atoms with Gasteiger partial charge in [0.2, 0.25) is 15.9 Å².